The van der Waals surface area contributed by atoms with Crippen LogP contribution in [-0.2, 0) is 17.9 Å². The number of aromatic nitrogens is 2. The number of amides is 1. The summed E-state index contributed by atoms with van der Waals surface area (Å²) in [7, 11) is 0. The number of aromatic amines is 1. The van der Waals surface area contributed by atoms with Crippen LogP contribution in [0.15, 0.2) is 70.3 Å². The molecule has 1 aromatic heterocycles. The van der Waals surface area contributed by atoms with Crippen LogP contribution in [0.2, 0.25) is 0 Å². The van der Waals surface area contributed by atoms with Gasteiger partial charge in [0.2, 0.25) is 0 Å². The Morgan fingerprint density at radius 2 is 1.85 bits per heavy atom. The molecule has 0 saturated heterocycles. The van der Waals surface area contributed by atoms with Crippen molar-refractivity contribution in [2.24, 2.45) is 0 Å². The van der Waals surface area contributed by atoms with E-state index in [9.17, 15) is 14.4 Å². The first-order valence-corrected chi connectivity index (χ1v) is 10.6. The Bertz CT molecular complexity index is 1300. The maximum absolute atomic E-state index is 13.3. The number of nitrogens with one attached hydrogen (secondary N) is 1. The zero-order valence-corrected chi connectivity index (χ0v) is 18.3. The van der Waals surface area contributed by atoms with Crippen LogP contribution in [0.1, 0.15) is 36.5 Å². The van der Waals surface area contributed by atoms with E-state index in [4.69, 9.17) is 11.0 Å². The minimum Gasteiger partial charge on any atom is -0.383 e. The fourth-order valence-corrected chi connectivity index (χ4v) is 3.34. The van der Waals surface area contributed by atoms with Crippen LogP contribution >= 0.6 is 0 Å². The normalized spacial score (nSPS) is 10.8. The van der Waals surface area contributed by atoms with E-state index in [0.29, 0.717) is 18.5 Å². The van der Waals surface area contributed by atoms with Crippen molar-refractivity contribution >= 4 is 23.5 Å². The lowest BCUT2D eigenvalue weighted by Crippen LogP contribution is -2.40. The zero-order chi connectivity index (χ0) is 23.8. The molecule has 0 bridgehead atoms. The number of hydrogen-bond donors (Lipinski definition) is 2. The molecule has 0 atom stereocenters. The summed E-state index contributed by atoms with van der Waals surface area (Å²) in [6.45, 7) is 2.41. The van der Waals surface area contributed by atoms with Gasteiger partial charge in [-0.1, -0.05) is 55.8 Å². The number of hydrogen-bond acceptors (Lipinski definition) is 5. The summed E-state index contributed by atoms with van der Waals surface area (Å²) in [5.74, 6) is -0.519. The number of H-pyrrole nitrogens is 1. The molecule has 0 unspecified atom stereocenters. The predicted octanol–water partition coefficient (Wildman–Crippen LogP) is 3.04. The second-order valence-electron chi connectivity index (χ2n) is 7.48. The number of rotatable bonds is 8. The number of carbonyl (C=O) groups excluding carboxylic acids is 1. The van der Waals surface area contributed by atoms with Gasteiger partial charge in [-0.05, 0) is 35.8 Å². The topological polar surface area (TPSA) is 125 Å². The van der Waals surface area contributed by atoms with E-state index < -0.39 is 17.2 Å². The number of nitrogens with zero attached hydrogens (tertiary/aromatic N) is 3. The van der Waals surface area contributed by atoms with Crippen LogP contribution in [0.25, 0.3) is 6.08 Å². The number of carbonyl (C=O) groups is 1. The van der Waals surface area contributed by atoms with Crippen molar-refractivity contribution in [3.63, 3.8) is 0 Å². The van der Waals surface area contributed by atoms with E-state index in [1.807, 2.05) is 43.3 Å². The molecule has 33 heavy (non-hydrogen) atoms. The number of nitrogen functional groups attached to an aromatic ring is 1. The monoisotopic (exact) mass is 443 g/mol. The summed E-state index contributed by atoms with van der Waals surface area (Å²) >= 11 is 0. The highest BCUT2D eigenvalue weighted by Gasteiger charge is 2.23. The van der Waals surface area contributed by atoms with Gasteiger partial charge in [0.1, 0.15) is 5.82 Å². The molecule has 1 heterocycles. The van der Waals surface area contributed by atoms with Crippen molar-refractivity contribution < 1.29 is 4.79 Å². The highest BCUT2D eigenvalue weighted by molar-refractivity contribution is 6.05. The lowest BCUT2D eigenvalue weighted by atomic mass is 10.1. The van der Waals surface area contributed by atoms with Gasteiger partial charge in [-0.3, -0.25) is 24.0 Å². The van der Waals surface area contributed by atoms with Gasteiger partial charge < -0.3 is 5.73 Å². The summed E-state index contributed by atoms with van der Waals surface area (Å²) in [6, 6.07) is 18.0. The third kappa shape index (κ3) is 5.66. The molecule has 0 spiro atoms. The van der Waals surface area contributed by atoms with Gasteiger partial charge in [0.15, 0.2) is 5.69 Å². The Morgan fingerprint density at radius 3 is 2.48 bits per heavy atom. The van der Waals surface area contributed by atoms with Gasteiger partial charge in [0, 0.05) is 12.6 Å². The van der Waals surface area contributed by atoms with E-state index in [-0.39, 0.29) is 18.1 Å². The highest BCUT2D eigenvalue weighted by Crippen LogP contribution is 2.21. The molecule has 1 amide bonds. The van der Waals surface area contributed by atoms with Crippen LogP contribution in [0.5, 0.6) is 0 Å². The molecule has 0 aliphatic rings. The van der Waals surface area contributed by atoms with Crippen LogP contribution < -0.4 is 21.9 Å². The molecule has 8 nitrogen and oxygen atoms in total. The van der Waals surface area contributed by atoms with Crippen molar-refractivity contribution in [1.29, 1.82) is 5.26 Å². The van der Waals surface area contributed by atoms with Crippen molar-refractivity contribution in [3.8, 4) is 6.07 Å². The number of anilines is 2. The molecule has 0 radical (unpaired) electrons. The highest BCUT2D eigenvalue weighted by atomic mass is 16.2. The Labute approximate surface area is 191 Å². The lowest BCUT2D eigenvalue weighted by molar-refractivity contribution is -0.114. The van der Waals surface area contributed by atoms with Gasteiger partial charge in [0.25, 0.3) is 11.5 Å². The van der Waals surface area contributed by atoms with E-state index in [1.165, 1.54) is 15.5 Å². The summed E-state index contributed by atoms with van der Waals surface area (Å²) in [5.41, 5.74) is 6.89. The molecular formula is C25H25N5O3. The number of nitrogens with two attached hydrogens (primary N) is 1. The first-order valence-electron chi connectivity index (χ1n) is 10.6. The number of nitriles is 1. The molecule has 8 heteroatoms. The summed E-state index contributed by atoms with van der Waals surface area (Å²) in [6.07, 6.45) is 4.46. The largest absolute Gasteiger partial charge is 0.383 e. The molecule has 3 N–H and O–H groups in total. The Hall–Kier alpha value is -4.38. The second-order valence-corrected chi connectivity index (χ2v) is 7.48. The molecule has 0 fully saturated rings. The molecule has 2 aromatic carbocycles. The molecule has 3 aromatic rings. The van der Waals surface area contributed by atoms with Gasteiger partial charge >= 0.3 is 5.69 Å². The van der Waals surface area contributed by atoms with Crippen molar-refractivity contribution in [3.05, 3.63) is 98.2 Å². The minimum atomic E-state index is -0.721. The van der Waals surface area contributed by atoms with Crippen molar-refractivity contribution in [2.75, 3.05) is 10.6 Å². The third-order valence-corrected chi connectivity index (χ3v) is 5.13. The molecular weight excluding hydrogens is 418 g/mol. The first kappa shape index (κ1) is 23.3. The Morgan fingerprint density at radius 1 is 1.15 bits per heavy atom. The first-order chi connectivity index (χ1) is 15.9. The van der Waals surface area contributed by atoms with E-state index in [2.05, 4.69) is 4.98 Å². The fourth-order valence-electron chi connectivity index (χ4n) is 3.34. The SMILES string of the molecule is CCCCn1c(N)c(N(Cc2ccccc2)C(=O)C=Cc2ccc(C#N)cc2)c(=O)[nH]c1=O. The van der Waals surface area contributed by atoms with Gasteiger partial charge in [-0.25, -0.2) is 4.79 Å². The smallest absolute Gasteiger partial charge is 0.330 e. The quantitative estimate of drug-likeness (QED) is 0.518. The van der Waals surface area contributed by atoms with Gasteiger partial charge in [0.05, 0.1) is 18.2 Å². The van der Waals surface area contributed by atoms with Crippen LogP contribution in [0.3, 0.4) is 0 Å². The maximum Gasteiger partial charge on any atom is 0.330 e. The van der Waals surface area contributed by atoms with E-state index >= 15 is 0 Å². The van der Waals surface area contributed by atoms with Crippen molar-refractivity contribution in [1.82, 2.24) is 9.55 Å². The number of benzene rings is 2. The van der Waals surface area contributed by atoms with Crippen LogP contribution in [0, 0.1) is 11.3 Å². The van der Waals surface area contributed by atoms with Gasteiger partial charge in [-0.2, -0.15) is 5.26 Å². The lowest BCUT2D eigenvalue weighted by Gasteiger charge is -2.23. The summed E-state index contributed by atoms with van der Waals surface area (Å²) < 4.78 is 1.29. The van der Waals surface area contributed by atoms with Crippen LogP contribution in [0.4, 0.5) is 11.5 Å². The Kier molecular flexibility index (Phi) is 7.60. The van der Waals surface area contributed by atoms with Gasteiger partial charge in [-0.15, -0.1) is 0 Å². The van der Waals surface area contributed by atoms with E-state index in [0.717, 1.165) is 17.5 Å². The molecule has 0 aliphatic heterocycles. The van der Waals surface area contributed by atoms with E-state index in [1.54, 1.807) is 30.3 Å². The zero-order valence-electron chi connectivity index (χ0n) is 18.3. The molecule has 0 saturated carbocycles. The van der Waals surface area contributed by atoms with Crippen LogP contribution in [-0.4, -0.2) is 15.5 Å². The third-order valence-electron chi connectivity index (χ3n) is 5.13. The maximum atomic E-state index is 13.3. The van der Waals surface area contributed by atoms with Crippen molar-refractivity contribution in [2.45, 2.75) is 32.9 Å². The fraction of sp³-hybridized carbons (Fsp3) is 0.200. The standard InChI is InChI=1S/C25H25N5O3/c1-2-3-15-29-23(27)22(24(32)28-25(29)33)30(17-20-7-5-4-6-8-20)21(31)14-13-18-9-11-19(16-26)12-10-18/h4-14H,2-3,15,17,27H2,1H3,(H,28,32,33). The average molecular weight is 444 g/mol. The minimum absolute atomic E-state index is 0.0479. The molecule has 3 rings (SSSR count). The second kappa shape index (κ2) is 10.8. The number of unbranched alkanes of at least 4 members (excludes halogenated alkanes) is 1. The summed E-state index contributed by atoms with van der Waals surface area (Å²) in [4.78, 5) is 41.9. The average Bonchev–Trinajstić information content (AvgIpc) is 2.82. The summed E-state index contributed by atoms with van der Waals surface area (Å²) in [5, 5.41) is 8.94. The molecule has 0 aliphatic carbocycles. The predicted molar refractivity (Wildman–Crippen MR) is 128 cm³/mol. The molecule has 168 valence electrons. The Balaban J connectivity index is 2.04.